The molecule has 0 atom stereocenters. The van der Waals surface area contributed by atoms with Crippen LogP contribution in [0.15, 0.2) is 18.9 Å². The molecule has 126 valence electrons. The second-order valence-corrected chi connectivity index (χ2v) is 6.89. The Morgan fingerprint density at radius 1 is 1.12 bits per heavy atom. The summed E-state index contributed by atoms with van der Waals surface area (Å²) in [6, 6.07) is 0.656. The lowest BCUT2D eigenvalue weighted by molar-refractivity contribution is 0.0921. The molecular weight excluding hydrogens is 304 g/mol. The number of carbonyl (C=O) groups is 1. The number of hydrogen-bond acceptors (Lipinski definition) is 5. The number of aryl methyl sites for hydroxylation is 1. The summed E-state index contributed by atoms with van der Waals surface area (Å²) in [6.45, 7) is 1.89. The first kappa shape index (κ1) is 15.2. The SMILES string of the molecule is Cc1nc(C2CC2)ncc1C(=O)NC1CCC(n2cnnc2)CC1. The van der Waals surface area contributed by atoms with E-state index in [1.54, 1.807) is 18.9 Å². The van der Waals surface area contributed by atoms with Crippen molar-refractivity contribution in [2.24, 2.45) is 0 Å². The summed E-state index contributed by atoms with van der Waals surface area (Å²) in [6.07, 6.45) is 11.5. The highest BCUT2D eigenvalue weighted by Gasteiger charge is 2.28. The van der Waals surface area contributed by atoms with Gasteiger partial charge in [-0.3, -0.25) is 4.79 Å². The minimum Gasteiger partial charge on any atom is -0.349 e. The van der Waals surface area contributed by atoms with Crippen LogP contribution in [0.4, 0.5) is 0 Å². The fraction of sp³-hybridized carbons (Fsp3) is 0.588. The molecule has 0 aromatic carbocycles. The van der Waals surface area contributed by atoms with Crippen molar-refractivity contribution in [1.82, 2.24) is 30.0 Å². The Hall–Kier alpha value is -2.31. The summed E-state index contributed by atoms with van der Waals surface area (Å²) >= 11 is 0. The van der Waals surface area contributed by atoms with E-state index >= 15 is 0 Å². The topological polar surface area (TPSA) is 85.6 Å². The van der Waals surface area contributed by atoms with Crippen molar-refractivity contribution >= 4 is 5.91 Å². The lowest BCUT2D eigenvalue weighted by atomic mass is 9.91. The van der Waals surface area contributed by atoms with E-state index in [0.717, 1.165) is 37.2 Å². The van der Waals surface area contributed by atoms with Gasteiger partial charge in [-0.1, -0.05) is 0 Å². The van der Waals surface area contributed by atoms with Crippen LogP contribution in [0.5, 0.6) is 0 Å². The highest BCUT2D eigenvalue weighted by molar-refractivity contribution is 5.95. The van der Waals surface area contributed by atoms with Gasteiger partial charge in [0.2, 0.25) is 0 Å². The Labute approximate surface area is 140 Å². The lowest BCUT2D eigenvalue weighted by Crippen LogP contribution is -2.38. The molecule has 2 aliphatic carbocycles. The molecule has 0 aliphatic heterocycles. The molecule has 4 rings (SSSR count). The van der Waals surface area contributed by atoms with Gasteiger partial charge in [-0.05, 0) is 45.4 Å². The van der Waals surface area contributed by atoms with Gasteiger partial charge in [0, 0.05) is 24.2 Å². The average Bonchev–Trinajstić information content (AvgIpc) is 3.30. The number of carbonyl (C=O) groups excluding carboxylic acids is 1. The van der Waals surface area contributed by atoms with Crippen LogP contribution < -0.4 is 5.32 Å². The van der Waals surface area contributed by atoms with Crippen LogP contribution in [0.25, 0.3) is 0 Å². The zero-order valence-electron chi connectivity index (χ0n) is 13.9. The first-order valence-electron chi connectivity index (χ1n) is 8.69. The van der Waals surface area contributed by atoms with Crippen molar-refractivity contribution in [3.63, 3.8) is 0 Å². The molecule has 2 aromatic heterocycles. The predicted molar refractivity (Wildman–Crippen MR) is 87.5 cm³/mol. The second-order valence-electron chi connectivity index (χ2n) is 6.89. The number of amides is 1. The minimum absolute atomic E-state index is 0.0532. The molecule has 1 amide bonds. The molecule has 7 nitrogen and oxygen atoms in total. The summed E-state index contributed by atoms with van der Waals surface area (Å²) in [7, 11) is 0. The van der Waals surface area contributed by atoms with E-state index in [1.807, 2.05) is 6.92 Å². The lowest BCUT2D eigenvalue weighted by Gasteiger charge is -2.29. The summed E-state index contributed by atoms with van der Waals surface area (Å²) in [5, 5.41) is 10.9. The molecule has 0 bridgehead atoms. The predicted octanol–water partition coefficient (Wildman–Crippen LogP) is 2.17. The monoisotopic (exact) mass is 326 g/mol. The van der Waals surface area contributed by atoms with Gasteiger partial charge < -0.3 is 9.88 Å². The molecule has 0 saturated heterocycles. The molecule has 2 aromatic rings. The summed E-state index contributed by atoms with van der Waals surface area (Å²) in [5.41, 5.74) is 1.38. The first-order chi connectivity index (χ1) is 11.7. The average molecular weight is 326 g/mol. The van der Waals surface area contributed by atoms with Crippen molar-refractivity contribution < 1.29 is 4.79 Å². The molecule has 24 heavy (non-hydrogen) atoms. The molecular formula is C17H22N6O. The fourth-order valence-electron chi connectivity index (χ4n) is 3.42. The minimum atomic E-state index is -0.0532. The Morgan fingerprint density at radius 2 is 1.83 bits per heavy atom. The largest absolute Gasteiger partial charge is 0.349 e. The maximum Gasteiger partial charge on any atom is 0.254 e. The molecule has 7 heteroatoms. The van der Waals surface area contributed by atoms with Crippen LogP contribution in [0.1, 0.15) is 72.4 Å². The Balaban J connectivity index is 1.35. The number of aromatic nitrogens is 5. The van der Waals surface area contributed by atoms with Gasteiger partial charge in [0.25, 0.3) is 5.91 Å². The number of nitrogens with zero attached hydrogens (tertiary/aromatic N) is 5. The normalized spacial score (nSPS) is 23.9. The van der Waals surface area contributed by atoms with Gasteiger partial charge in [0.15, 0.2) is 0 Å². The standard InChI is InChI=1S/C17H22N6O/c1-11-15(8-18-16(21-11)12-2-3-12)17(24)22-13-4-6-14(7-5-13)23-9-19-20-10-23/h8-10,12-14H,2-7H2,1H3,(H,22,24). The smallest absolute Gasteiger partial charge is 0.254 e. The van der Waals surface area contributed by atoms with Gasteiger partial charge in [0.05, 0.1) is 11.3 Å². The van der Waals surface area contributed by atoms with Crippen LogP contribution in [0.2, 0.25) is 0 Å². The molecule has 0 radical (unpaired) electrons. The van der Waals surface area contributed by atoms with E-state index in [2.05, 4.69) is 30.0 Å². The van der Waals surface area contributed by atoms with Crippen LogP contribution in [0, 0.1) is 6.92 Å². The Morgan fingerprint density at radius 3 is 2.46 bits per heavy atom. The third-order valence-corrected chi connectivity index (χ3v) is 5.08. The third kappa shape index (κ3) is 3.16. The summed E-state index contributed by atoms with van der Waals surface area (Å²) < 4.78 is 2.06. The van der Waals surface area contributed by atoms with Crippen LogP contribution in [-0.2, 0) is 0 Å². The van der Waals surface area contributed by atoms with Crippen LogP contribution in [0.3, 0.4) is 0 Å². The Bertz CT molecular complexity index is 717. The van der Waals surface area contributed by atoms with Crippen molar-refractivity contribution in [1.29, 1.82) is 0 Å². The van der Waals surface area contributed by atoms with E-state index in [4.69, 9.17) is 0 Å². The van der Waals surface area contributed by atoms with Gasteiger partial charge >= 0.3 is 0 Å². The quantitative estimate of drug-likeness (QED) is 0.930. The number of rotatable bonds is 4. The first-order valence-corrected chi connectivity index (χ1v) is 8.69. The summed E-state index contributed by atoms with van der Waals surface area (Å²) in [5.74, 6) is 1.34. The number of hydrogen-bond donors (Lipinski definition) is 1. The van der Waals surface area contributed by atoms with Crippen LogP contribution in [-0.4, -0.2) is 36.7 Å². The molecule has 2 aliphatic rings. The highest BCUT2D eigenvalue weighted by Crippen LogP contribution is 2.38. The van der Waals surface area contributed by atoms with E-state index in [1.165, 1.54) is 12.8 Å². The molecule has 2 saturated carbocycles. The summed E-state index contributed by atoms with van der Waals surface area (Å²) in [4.78, 5) is 21.4. The number of nitrogens with one attached hydrogen (secondary N) is 1. The van der Waals surface area contributed by atoms with Crippen molar-refractivity contribution in [3.8, 4) is 0 Å². The fourth-order valence-corrected chi connectivity index (χ4v) is 3.42. The molecule has 0 spiro atoms. The highest BCUT2D eigenvalue weighted by atomic mass is 16.1. The maximum absolute atomic E-state index is 12.5. The van der Waals surface area contributed by atoms with Crippen molar-refractivity contribution in [2.75, 3.05) is 0 Å². The molecule has 0 unspecified atom stereocenters. The third-order valence-electron chi connectivity index (χ3n) is 5.08. The second kappa shape index (κ2) is 6.30. The molecule has 1 N–H and O–H groups in total. The van der Waals surface area contributed by atoms with Crippen molar-refractivity contribution in [3.05, 3.63) is 35.9 Å². The maximum atomic E-state index is 12.5. The van der Waals surface area contributed by atoms with Gasteiger partial charge in [-0.15, -0.1) is 10.2 Å². The Kier molecular flexibility index (Phi) is 4.00. The van der Waals surface area contributed by atoms with E-state index in [-0.39, 0.29) is 11.9 Å². The van der Waals surface area contributed by atoms with Crippen molar-refractivity contribution in [2.45, 2.75) is 63.5 Å². The van der Waals surface area contributed by atoms with Gasteiger partial charge in [0.1, 0.15) is 18.5 Å². The zero-order chi connectivity index (χ0) is 16.5. The molecule has 2 heterocycles. The van der Waals surface area contributed by atoms with E-state index < -0.39 is 0 Å². The van der Waals surface area contributed by atoms with E-state index in [9.17, 15) is 4.79 Å². The van der Waals surface area contributed by atoms with Gasteiger partial charge in [-0.25, -0.2) is 9.97 Å². The van der Waals surface area contributed by atoms with Crippen LogP contribution >= 0.6 is 0 Å². The van der Waals surface area contributed by atoms with Gasteiger partial charge in [-0.2, -0.15) is 0 Å². The molecule has 2 fully saturated rings. The zero-order valence-corrected chi connectivity index (χ0v) is 13.9. The van der Waals surface area contributed by atoms with E-state index in [0.29, 0.717) is 17.5 Å².